The smallest absolute Gasteiger partial charge is 0.297 e. The van der Waals surface area contributed by atoms with E-state index < -0.39 is 11.7 Å². The van der Waals surface area contributed by atoms with E-state index in [1.54, 1.807) is 0 Å². The minimum Gasteiger partial charge on any atom is -0.494 e. The number of fused-ring (bicyclic) bond motifs is 1. The minimum atomic E-state index is -0.729. The van der Waals surface area contributed by atoms with E-state index in [-0.39, 0.29) is 21.3 Å². The average molecular weight is 246 g/mol. The normalized spacial score (nSPS) is 13.8. The zero-order valence-corrected chi connectivity index (χ0v) is 9.07. The number of carbonyl (C=O) groups excluding carboxylic acids is 2. The molecule has 4 nitrogen and oxygen atoms in total. The molecule has 1 N–H and O–H groups in total. The molecule has 1 aromatic rings. The van der Waals surface area contributed by atoms with Gasteiger partial charge in [0.1, 0.15) is 5.75 Å². The average Bonchev–Trinajstić information content (AvgIpc) is 2.50. The van der Waals surface area contributed by atoms with Crippen molar-refractivity contribution in [2.45, 2.75) is 0 Å². The number of nitrogens with one attached hydrogen (secondary N) is 1. The van der Waals surface area contributed by atoms with Gasteiger partial charge in [0.2, 0.25) is 0 Å². The van der Waals surface area contributed by atoms with Gasteiger partial charge in [-0.05, 0) is 0 Å². The maximum atomic E-state index is 11.4. The molecule has 0 saturated carbocycles. The Balaban J connectivity index is 2.76. The molecule has 0 atom stereocenters. The van der Waals surface area contributed by atoms with E-state index in [0.717, 1.165) is 0 Å². The van der Waals surface area contributed by atoms with Crippen LogP contribution in [0.5, 0.6) is 5.75 Å². The Morgan fingerprint density at radius 3 is 2.60 bits per heavy atom. The van der Waals surface area contributed by atoms with Crippen LogP contribution in [0.4, 0.5) is 5.69 Å². The number of methoxy groups -OCH3 is 1. The Morgan fingerprint density at radius 2 is 2.00 bits per heavy atom. The summed E-state index contributed by atoms with van der Waals surface area (Å²) in [4.78, 5) is 22.6. The van der Waals surface area contributed by atoms with E-state index in [9.17, 15) is 9.59 Å². The SMILES string of the molecule is COc1cc(Cl)c(Cl)c2c1NC(=O)C2=O. The number of rotatable bonds is 1. The Kier molecular flexibility index (Phi) is 2.32. The van der Waals surface area contributed by atoms with Crippen molar-refractivity contribution in [2.24, 2.45) is 0 Å². The van der Waals surface area contributed by atoms with Crippen LogP contribution in [0.25, 0.3) is 0 Å². The van der Waals surface area contributed by atoms with Gasteiger partial charge in [-0.3, -0.25) is 9.59 Å². The van der Waals surface area contributed by atoms with Crippen LogP contribution in [-0.4, -0.2) is 18.8 Å². The first-order valence-corrected chi connectivity index (χ1v) is 4.73. The lowest BCUT2D eigenvalue weighted by atomic mass is 10.1. The molecule has 0 unspecified atom stereocenters. The van der Waals surface area contributed by atoms with Crippen molar-refractivity contribution in [1.29, 1.82) is 0 Å². The maximum Gasteiger partial charge on any atom is 0.297 e. The van der Waals surface area contributed by atoms with Crippen LogP contribution in [0.2, 0.25) is 10.0 Å². The first-order chi connectivity index (χ1) is 7.06. The molecule has 0 aromatic heterocycles. The van der Waals surface area contributed by atoms with Crippen molar-refractivity contribution in [3.8, 4) is 5.75 Å². The molecule has 6 heteroatoms. The van der Waals surface area contributed by atoms with Crippen molar-refractivity contribution in [3.63, 3.8) is 0 Å². The van der Waals surface area contributed by atoms with Gasteiger partial charge in [-0.2, -0.15) is 0 Å². The van der Waals surface area contributed by atoms with Crippen LogP contribution >= 0.6 is 23.2 Å². The number of ketones is 1. The third kappa shape index (κ3) is 1.37. The van der Waals surface area contributed by atoms with E-state index in [1.807, 2.05) is 0 Å². The first kappa shape index (κ1) is 10.3. The van der Waals surface area contributed by atoms with Gasteiger partial charge < -0.3 is 10.1 Å². The number of ether oxygens (including phenoxy) is 1. The largest absolute Gasteiger partial charge is 0.494 e. The number of anilines is 1. The van der Waals surface area contributed by atoms with Crippen LogP contribution in [0.3, 0.4) is 0 Å². The summed E-state index contributed by atoms with van der Waals surface area (Å²) in [6, 6.07) is 1.45. The molecule has 0 aliphatic carbocycles. The number of benzene rings is 1. The summed E-state index contributed by atoms with van der Waals surface area (Å²) in [5.74, 6) is -1.11. The van der Waals surface area contributed by atoms with Crippen LogP contribution < -0.4 is 10.1 Å². The Morgan fingerprint density at radius 1 is 1.33 bits per heavy atom. The summed E-state index contributed by atoms with van der Waals surface area (Å²) in [6.45, 7) is 0. The van der Waals surface area contributed by atoms with Crippen LogP contribution in [0, 0.1) is 0 Å². The molecule has 1 aliphatic heterocycles. The second-order valence-corrected chi connectivity index (χ2v) is 3.69. The lowest BCUT2D eigenvalue weighted by Gasteiger charge is -2.08. The van der Waals surface area contributed by atoms with Gasteiger partial charge in [0.25, 0.3) is 11.7 Å². The number of hydrogen-bond acceptors (Lipinski definition) is 3. The highest BCUT2D eigenvalue weighted by molar-refractivity contribution is 6.56. The molecule has 2 rings (SSSR count). The molecule has 15 heavy (non-hydrogen) atoms. The van der Waals surface area contributed by atoms with E-state index in [4.69, 9.17) is 27.9 Å². The second kappa shape index (κ2) is 3.40. The molecule has 0 saturated heterocycles. The summed E-state index contributed by atoms with van der Waals surface area (Å²) >= 11 is 11.6. The maximum absolute atomic E-state index is 11.4. The highest BCUT2D eigenvalue weighted by Crippen LogP contribution is 2.42. The van der Waals surface area contributed by atoms with Crippen molar-refractivity contribution >= 4 is 40.6 Å². The zero-order valence-electron chi connectivity index (χ0n) is 7.56. The lowest BCUT2D eigenvalue weighted by molar-refractivity contribution is -0.112. The predicted molar refractivity (Wildman–Crippen MR) is 56.0 cm³/mol. The Bertz CT molecular complexity index is 485. The summed E-state index contributed by atoms with van der Waals surface area (Å²) in [7, 11) is 1.41. The lowest BCUT2D eigenvalue weighted by Crippen LogP contribution is -2.12. The predicted octanol–water partition coefficient (Wildman–Crippen LogP) is 2.14. The molecule has 78 valence electrons. The number of amides is 1. The molecule has 1 aliphatic rings. The van der Waals surface area contributed by atoms with Gasteiger partial charge in [-0.1, -0.05) is 23.2 Å². The fourth-order valence-corrected chi connectivity index (χ4v) is 1.81. The second-order valence-electron chi connectivity index (χ2n) is 2.91. The van der Waals surface area contributed by atoms with Crippen LogP contribution in [0.15, 0.2) is 6.07 Å². The molecule has 0 spiro atoms. The Hall–Kier alpha value is -1.26. The van der Waals surface area contributed by atoms with E-state index in [0.29, 0.717) is 5.75 Å². The highest BCUT2D eigenvalue weighted by Gasteiger charge is 2.34. The number of carbonyl (C=O) groups is 2. The van der Waals surface area contributed by atoms with Crippen LogP contribution in [-0.2, 0) is 4.79 Å². The number of halogens is 2. The van der Waals surface area contributed by atoms with Crippen molar-refractivity contribution in [3.05, 3.63) is 21.7 Å². The third-order valence-corrected chi connectivity index (χ3v) is 2.86. The summed E-state index contributed by atoms with van der Waals surface area (Å²) < 4.78 is 4.98. The van der Waals surface area contributed by atoms with Crippen LogP contribution in [0.1, 0.15) is 10.4 Å². The van der Waals surface area contributed by atoms with Crippen molar-refractivity contribution < 1.29 is 14.3 Å². The summed E-state index contributed by atoms with van der Waals surface area (Å²) in [5, 5.41) is 2.62. The fraction of sp³-hybridized carbons (Fsp3) is 0.111. The number of Topliss-reactive ketones (excluding diaryl/α,β-unsaturated/α-hetero) is 1. The minimum absolute atomic E-state index is 0.0656. The Labute approximate surface area is 95.1 Å². The molecule has 0 fully saturated rings. The van der Waals surface area contributed by atoms with E-state index in [2.05, 4.69) is 5.32 Å². The molecule has 1 aromatic carbocycles. The number of hydrogen-bond donors (Lipinski definition) is 1. The van der Waals surface area contributed by atoms with Gasteiger partial charge in [0, 0.05) is 6.07 Å². The summed E-state index contributed by atoms with van der Waals surface area (Å²) in [6.07, 6.45) is 0. The fourth-order valence-electron chi connectivity index (χ4n) is 1.39. The molecule has 0 bridgehead atoms. The van der Waals surface area contributed by atoms with E-state index in [1.165, 1.54) is 13.2 Å². The summed E-state index contributed by atoms with van der Waals surface area (Å²) in [5.41, 5.74) is 0.355. The van der Waals surface area contributed by atoms with E-state index >= 15 is 0 Å². The van der Waals surface area contributed by atoms with Crippen molar-refractivity contribution in [2.75, 3.05) is 12.4 Å². The standard InChI is InChI=1S/C9H5Cl2NO3/c1-15-4-2-3(10)6(11)5-7(4)12-9(14)8(5)13/h2H,1H3,(H,12,13,14). The van der Waals surface area contributed by atoms with Gasteiger partial charge in [-0.25, -0.2) is 0 Å². The first-order valence-electron chi connectivity index (χ1n) is 3.98. The molecule has 0 radical (unpaired) electrons. The third-order valence-electron chi connectivity index (χ3n) is 2.08. The zero-order chi connectivity index (χ0) is 11.2. The quantitative estimate of drug-likeness (QED) is 0.772. The highest BCUT2D eigenvalue weighted by atomic mass is 35.5. The molecule has 1 heterocycles. The van der Waals surface area contributed by atoms with Gasteiger partial charge in [0.05, 0.1) is 28.4 Å². The van der Waals surface area contributed by atoms with Gasteiger partial charge in [0.15, 0.2) is 0 Å². The van der Waals surface area contributed by atoms with Crippen molar-refractivity contribution in [1.82, 2.24) is 0 Å². The molecular weight excluding hydrogens is 241 g/mol. The topological polar surface area (TPSA) is 55.4 Å². The van der Waals surface area contributed by atoms with Gasteiger partial charge >= 0.3 is 0 Å². The molecule has 1 amide bonds. The monoisotopic (exact) mass is 245 g/mol. The molecular formula is C9H5Cl2NO3. The van der Waals surface area contributed by atoms with Gasteiger partial charge in [-0.15, -0.1) is 0 Å².